The van der Waals surface area contributed by atoms with Crippen LogP contribution in [0.4, 0.5) is 8.78 Å². The molecule has 0 radical (unpaired) electrons. The first kappa shape index (κ1) is 17.0. The van der Waals surface area contributed by atoms with Crippen molar-refractivity contribution >= 4 is 0 Å². The van der Waals surface area contributed by atoms with E-state index in [-0.39, 0.29) is 25.8 Å². The number of aliphatic hydroxyl groups excluding tert-OH is 1. The van der Waals surface area contributed by atoms with Gasteiger partial charge in [0.15, 0.2) is 0 Å². The van der Waals surface area contributed by atoms with E-state index < -0.39 is 17.7 Å². The summed E-state index contributed by atoms with van der Waals surface area (Å²) in [5.41, 5.74) is 0.354. The van der Waals surface area contributed by atoms with Crippen LogP contribution < -0.4 is 5.32 Å². The predicted octanol–water partition coefficient (Wildman–Crippen LogP) is 1.47. The van der Waals surface area contributed by atoms with Gasteiger partial charge in [-0.05, 0) is 13.0 Å². The third kappa shape index (κ3) is 6.38. The van der Waals surface area contributed by atoms with Crippen molar-refractivity contribution in [1.82, 2.24) is 5.32 Å². The van der Waals surface area contributed by atoms with Crippen LogP contribution in [0.5, 0.6) is 0 Å². The zero-order valence-electron chi connectivity index (χ0n) is 11.7. The maximum absolute atomic E-state index is 13.3. The highest BCUT2D eigenvalue weighted by Crippen LogP contribution is 2.08. The van der Waals surface area contributed by atoms with Crippen LogP contribution in [0.1, 0.15) is 12.5 Å². The monoisotopic (exact) mass is 289 g/mol. The third-order valence-electron chi connectivity index (χ3n) is 2.69. The summed E-state index contributed by atoms with van der Waals surface area (Å²) >= 11 is 0. The van der Waals surface area contributed by atoms with Crippen LogP contribution in [0.3, 0.4) is 0 Å². The lowest BCUT2D eigenvalue weighted by molar-refractivity contribution is -0.0311. The van der Waals surface area contributed by atoms with Crippen molar-refractivity contribution in [3.63, 3.8) is 0 Å². The summed E-state index contributed by atoms with van der Waals surface area (Å²) < 4.78 is 36.3. The second-order valence-electron chi connectivity index (χ2n) is 4.62. The molecule has 0 saturated heterocycles. The summed E-state index contributed by atoms with van der Waals surface area (Å²) in [6, 6.07) is 3.41. The number of rotatable bonds is 9. The van der Waals surface area contributed by atoms with Crippen molar-refractivity contribution in [2.75, 3.05) is 26.9 Å². The van der Waals surface area contributed by atoms with Gasteiger partial charge >= 0.3 is 0 Å². The van der Waals surface area contributed by atoms with Crippen molar-refractivity contribution in [3.05, 3.63) is 35.4 Å². The van der Waals surface area contributed by atoms with E-state index in [1.807, 2.05) is 6.92 Å². The number of hydrogen-bond donors (Lipinski definition) is 2. The topological polar surface area (TPSA) is 50.7 Å². The highest BCUT2D eigenvalue weighted by atomic mass is 19.1. The van der Waals surface area contributed by atoms with Crippen LogP contribution in [0.15, 0.2) is 18.2 Å². The Labute approximate surface area is 117 Å². The second-order valence-corrected chi connectivity index (χ2v) is 4.62. The molecule has 1 rings (SSSR count). The highest BCUT2D eigenvalue weighted by molar-refractivity contribution is 5.18. The fraction of sp³-hybridized carbons (Fsp3) is 0.571. The normalized spacial score (nSPS) is 14.2. The number of benzene rings is 1. The Hall–Kier alpha value is -1.08. The molecule has 0 spiro atoms. The largest absolute Gasteiger partial charge is 0.389 e. The minimum atomic E-state index is -0.696. The van der Waals surface area contributed by atoms with Gasteiger partial charge in [0.2, 0.25) is 0 Å². The Morgan fingerprint density at radius 3 is 2.70 bits per heavy atom. The van der Waals surface area contributed by atoms with Gasteiger partial charge in [0.05, 0.1) is 25.4 Å². The van der Waals surface area contributed by atoms with Crippen molar-refractivity contribution < 1.29 is 23.4 Å². The summed E-state index contributed by atoms with van der Waals surface area (Å²) in [6.07, 6.45) is -0.790. The zero-order valence-corrected chi connectivity index (χ0v) is 11.7. The quantitative estimate of drug-likeness (QED) is 0.723. The first-order chi connectivity index (χ1) is 9.52. The lowest BCUT2D eigenvalue weighted by Gasteiger charge is -2.16. The number of methoxy groups -OCH3 is 1. The van der Waals surface area contributed by atoms with Crippen LogP contribution in [-0.2, 0) is 16.0 Å². The average Bonchev–Trinajstić information content (AvgIpc) is 2.39. The molecule has 0 saturated carbocycles. The maximum Gasteiger partial charge on any atom is 0.130 e. The summed E-state index contributed by atoms with van der Waals surface area (Å²) in [5.74, 6) is -1.20. The minimum Gasteiger partial charge on any atom is -0.389 e. The molecule has 2 atom stereocenters. The number of aliphatic hydroxyl groups is 1. The van der Waals surface area contributed by atoms with Crippen LogP contribution in [0, 0.1) is 11.6 Å². The molecule has 0 aromatic heterocycles. The molecule has 6 heteroatoms. The SMILES string of the molecule is COCC(C)OCC(O)CNCc1ccc(F)cc1F. The molecular formula is C14H21F2NO3. The zero-order chi connectivity index (χ0) is 15.0. The molecule has 1 aromatic carbocycles. The highest BCUT2D eigenvalue weighted by Gasteiger charge is 2.09. The molecule has 2 unspecified atom stereocenters. The molecular weight excluding hydrogens is 268 g/mol. The first-order valence-electron chi connectivity index (χ1n) is 6.46. The van der Waals surface area contributed by atoms with Crippen molar-refractivity contribution in [1.29, 1.82) is 0 Å². The van der Waals surface area contributed by atoms with Gasteiger partial charge in [0, 0.05) is 31.8 Å². The van der Waals surface area contributed by atoms with Gasteiger partial charge in [-0.3, -0.25) is 0 Å². The van der Waals surface area contributed by atoms with Gasteiger partial charge < -0.3 is 19.9 Å². The third-order valence-corrected chi connectivity index (χ3v) is 2.69. The Bertz CT molecular complexity index is 404. The molecule has 0 amide bonds. The maximum atomic E-state index is 13.3. The lowest BCUT2D eigenvalue weighted by Crippen LogP contribution is -2.32. The Morgan fingerprint density at radius 1 is 1.30 bits per heavy atom. The van der Waals surface area contributed by atoms with E-state index >= 15 is 0 Å². The lowest BCUT2D eigenvalue weighted by atomic mass is 10.2. The minimum absolute atomic E-state index is 0.0933. The summed E-state index contributed by atoms with van der Waals surface area (Å²) in [6.45, 7) is 2.95. The Kier molecular flexibility index (Phi) is 7.61. The fourth-order valence-corrected chi connectivity index (χ4v) is 1.66. The number of nitrogens with one attached hydrogen (secondary N) is 1. The van der Waals surface area contributed by atoms with Crippen LogP contribution >= 0.6 is 0 Å². The molecule has 0 aliphatic carbocycles. The number of hydrogen-bond acceptors (Lipinski definition) is 4. The van der Waals surface area contributed by atoms with Crippen molar-refractivity contribution in [3.8, 4) is 0 Å². The van der Waals surface area contributed by atoms with Gasteiger partial charge in [-0.1, -0.05) is 6.07 Å². The van der Waals surface area contributed by atoms with Gasteiger partial charge in [0.1, 0.15) is 11.6 Å². The number of ether oxygens (including phenoxy) is 2. The molecule has 1 aromatic rings. The molecule has 0 aliphatic heterocycles. The van der Waals surface area contributed by atoms with Gasteiger partial charge in [-0.25, -0.2) is 8.78 Å². The molecule has 0 bridgehead atoms. The molecule has 0 aliphatic rings. The first-order valence-corrected chi connectivity index (χ1v) is 6.46. The van der Waals surface area contributed by atoms with Crippen molar-refractivity contribution in [2.45, 2.75) is 25.7 Å². The second kappa shape index (κ2) is 8.97. The molecule has 4 nitrogen and oxygen atoms in total. The van der Waals surface area contributed by atoms with Gasteiger partial charge in [-0.15, -0.1) is 0 Å². The molecule has 20 heavy (non-hydrogen) atoms. The smallest absolute Gasteiger partial charge is 0.130 e. The molecule has 2 N–H and O–H groups in total. The van der Waals surface area contributed by atoms with Crippen LogP contribution in [0.2, 0.25) is 0 Å². The summed E-state index contributed by atoms with van der Waals surface area (Å²) in [5, 5.41) is 12.6. The van der Waals surface area contributed by atoms with Crippen molar-refractivity contribution in [2.24, 2.45) is 0 Å². The van der Waals surface area contributed by atoms with E-state index in [4.69, 9.17) is 9.47 Å². The molecule has 114 valence electrons. The Balaban J connectivity index is 2.23. The Morgan fingerprint density at radius 2 is 2.05 bits per heavy atom. The predicted molar refractivity (Wildman–Crippen MR) is 71.4 cm³/mol. The molecule has 0 heterocycles. The number of halogens is 2. The van der Waals surface area contributed by atoms with E-state index in [1.54, 1.807) is 7.11 Å². The van der Waals surface area contributed by atoms with Crippen LogP contribution in [0.25, 0.3) is 0 Å². The average molecular weight is 289 g/mol. The molecule has 0 fully saturated rings. The standard InChI is InChI=1S/C14H21F2NO3/c1-10(8-19-2)20-9-13(18)7-17-6-11-3-4-12(15)5-14(11)16/h3-5,10,13,17-18H,6-9H2,1-2H3. The van der Waals surface area contributed by atoms with E-state index in [0.29, 0.717) is 12.2 Å². The fourth-order valence-electron chi connectivity index (χ4n) is 1.66. The van der Waals surface area contributed by atoms with E-state index in [2.05, 4.69) is 5.32 Å². The summed E-state index contributed by atoms with van der Waals surface area (Å²) in [7, 11) is 1.58. The van der Waals surface area contributed by atoms with E-state index in [0.717, 1.165) is 6.07 Å². The van der Waals surface area contributed by atoms with E-state index in [1.165, 1.54) is 12.1 Å². The summed E-state index contributed by atoms with van der Waals surface area (Å²) in [4.78, 5) is 0. The van der Waals surface area contributed by atoms with E-state index in [9.17, 15) is 13.9 Å². The van der Waals surface area contributed by atoms with Gasteiger partial charge in [-0.2, -0.15) is 0 Å². The van der Waals surface area contributed by atoms with Gasteiger partial charge in [0.25, 0.3) is 0 Å². The van der Waals surface area contributed by atoms with Crippen LogP contribution in [-0.4, -0.2) is 44.2 Å².